The van der Waals surface area contributed by atoms with E-state index >= 15 is 0 Å². The number of fused-ring (bicyclic) bond motifs is 1. The molecular formula is C21H17F3N6O2S. The maximum atomic E-state index is 14.7. The first kappa shape index (κ1) is 21.5. The second-order valence-electron chi connectivity index (χ2n) is 7.70. The van der Waals surface area contributed by atoms with E-state index in [0.29, 0.717) is 5.89 Å². The van der Waals surface area contributed by atoms with Crippen LogP contribution in [0.4, 0.5) is 13.2 Å². The van der Waals surface area contributed by atoms with Crippen LogP contribution in [0.5, 0.6) is 0 Å². The minimum atomic E-state index is -2.91. The molecule has 4 aromatic rings. The molecular weight excluding hydrogens is 457 g/mol. The highest BCUT2D eigenvalue weighted by Gasteiger charge is 2.20. The molecule has 0 N–H and O–H groups in total. The van der Waals surface area contributed by atoms with Crippen LogP contribution in [0, 0.1) is 10.7 Å². The van der Waals surface area contributed by atoms with Gasteiger partial charge >= 0.3 is 6.43 Å². The topological polar surface area (TPSA) is 86.0 Å². The molecule has 1 aromatic carbocycles. The van der Waals surface area contributed by atoms with E-state index in [1.165, 1.54) is 22.0 Å². The molecule has 4 heterocycles. The number of hydrogen-bond donors (Lipinski definition) is 0. The third-order valence-corrected chi connectivity index (χ3v) is 5.65. The summed E-state index contributed by atoms with van der Waals surface area (Å²) in [6.45, 7) is 1.79. The Morgan fingerprint density at radius 1 is 1.09 bits per heavy atom. The monoisotopic (exact) mass is 474 g/mol. The predicted molar refractivity (Wildman–Crippen MR) is 112 cm³/mol. The van der Waals surface area contributed by atoms with Gasteiger partial charge in [0.15, 0.2) is 0 Å². The average molecular weight is 474 g/mol. The SMILES string of the molecule is CN1CCc2cc(-c3nn(Cc4ncc(-c5nnc(C(F)F)o5)cc4F)c(=S)o3)ccc2C1. The third kappa shape index (κ3) is 4.31. The van der Waals surface area contributed by atoms with Gasteiger partial charge < -0.3 is 13.7 Å². The molecule has 0 saturated heterocycles. The molecule has 0 spiro atoms. The standard InChI is InChI=1S/C21H17F3N6O2S/c1-29-5-4-11-6-12(2-3-13(11)9-29)19-28-30(21(33)32-19)10-16-15(22)7-14(8-25-16)18-26-27-20(31-18)17(23)24/h2-3,6-8,17H,4-5,9-10H2,1H3. The van der Waals surface area contributed by atoms with Crippen LogP contribution < -0.4 is 0 Å². The summed E-state index contributed by atoms with van der Waals surface area (Å²) in [7, 11) is 2.08. The summed E-state index contributed by atoms with van der Waals surface area (Å²) in [5, 5.41) is 11.1. The van der Waals surface area contributed by atoms with E-state index in [1.807, 2.05) is 12.1 Å². The van der Waals surface area contributed by atoms with Gasteiger partial charge in [-0.2, -0.15) is 8.78 Å². The Hall–Kier alpha value is -3.38. The van der Waals surface area contributed by atoms with Crippen molar-refractivity contribution >= 4 is 12.2 Å². The maximum Gasteiger partial charge on any atom is 0.314 e. The lowest BCUT2D eigenvalue weighted by Gasteiger charge is -2.25. The van der Waals surface area contributed by atoms with Gasteiger partial charge in [-0.1, -0.05) is 6.07 Å². The molecule has 170 valence electrons. The summed E-state index contributed by atoms with van der Waals surface area (Å²) in [6, 6.07) is 7.10. The van der Waals surface area contributed by atoms with E-state index in [-0.39, 0.29) is 28.5 Å². The molecule has 0 aliphatic carbocycles. The van der Waals surface area contributed by atoms with Gasteiger partial charge in [0.2, 0.25) is 11.8 Å². The minimum Gasteiger partial charge on any atom is -0.415 e. The van der Waals surface area contributed by atoms with Gasteiger partial charge in [-0.15, -0.1) is 15.3 Å². The van der Waals surface area contributed by atoms with Gasteiger partial charge in [-0.3, -0.25) is 4.98 Å². The molecule has 0 fully saturated rings. The highest BCUT2D eigenvalue weighted by Crippen LogP contribution is 2.26. The van der Waals surface area contributed by atoms with Crippen molar-refractivity contribution in [3.05, 3.63) is 63.8 Å². The quantitative estimate of drug-likeness (QED) is 0.393. The predicted octanol–water partition coefficient (Wildman–Crippen LogP) is 4.43. The van der Waals surface area contributed by atoms with Crippen molar-refractivity contribution in [3.8, 4) is 22.9 Å². The van der Waals surface area contributed by atoms with Crippen LogP contribution >= 0.6 is 12.2 Å². The van der Waals surface area contributed by atoms with Crippen molar-refractivity contribution in [2.45, 2.75) is 25.9 Å². The Kier molecular flexibility index (Phi) is 5.54. The molecule has 1 aliphatic rings. The van der Waals surface area contributed by atoms with Crippen molar-refractivity contribution in [1.82, 2.24) is 29.9 Å². The maximum absolute atomic E-state index is 14.7. The summed E-state index contributed by atoms with van der Waals surface area (Å²) < 4.78 is 51.7. The van der Waals surface area contributed by atoms with Gasteiger partial charge in [-0.25, -0.2) is 9.07 Å². The van der Waals surface area contributed by atoms with E-state index < -0.39 is 18.1 Å². The molecule has 5 rings (SSSR count). The fraction of sp³-hybridized carbons (Fsp3) is 0.286. The molecule has 3 aromatic heterocycles. The Balaban J connectivity index is 1.38. The molecule has 33 heavy (non-hydrogen) atoms. The van der Waals surface area contributed by atoms with Crippen LogP contribution in [-0.2, 0) is 19.5 Å². The second-order valence-corrected chi connectivity index (χ2v) is 8.05. The van der Waals surface area contributed by atoms with E-state index in [4.69, 9.17) is 21.1 Å². The molecule has 0 amide bonds. The van der Waals surface area contributed by atoms with E-state index in [1.54, 1.807) is 0 Å². The summed E-state index contributed by atoms with van der Waals surface area (Å²) in [4.78, 5) is 6.38. The lowest BCUT2D eigenvalue weighted by atomic mass is 9.97. The smallest absolute Gasteiger partial charge is 0.314 e. The molecule has 12 heteroatoms. The number of nitrogens with zero attached hydrogens (tertiary/aromatic N) is 6. The molecule has 0 unspecified atom stereocenters. The lowest BCUT2D eigenvalue weighted by molar-refractivity contribution is 0.116. The second kappa shape index (κ2) is 8.52. The van der Waals surface area contributed by atoms with E-state index in [0.717, 1.165) is 31.1 Å². The van der Waals surface area contributed by atoms with Crippen LogP contribution in [0.15, 0.2) is 39.3 Å². The fourth-order valence-electron chi connectivity index (χ4n) is 3.63. The van der Waals surface area contributed by atoms with Crippen molar-refractivity contribution < 1.29 is 22.0 Å². The largest absolute Gasteiger partial charge is 0.415 e. The average Bonchev–Trinajstić information content (AvgIpc) is 3.42. The first-order valence-corrected chi connectivity index (χ1v) is 10.4. The number of halogens is 3. The van der Waals surface area contributed by atoms with Gasteiger partial charge in [0.1, 0.15) is 5.82 Å². The lowest BCUT2D eigenvalue weighted by Crippen LogP contribution is -2.26. The highest BCUT2D eigenvalue weighted by molar-refractivity contribution is 7.71. The number of benzene rings is 1. The van der Waals surface area contributed by atoms with Crippen molar-refractivity contribution in [2.75, 3.05) is 13.6 Å². The number of hydrogen-bond acceptors (Lipinski definition) is 8. The number of aromatic nitrogens is 5. The zero-order valence-corrected chi connectivity index (χ0v) is 18.2. The Morgan fingerprint density at radius 2 is 1.94 bits per heavy atom. The van der Waals surface area contributed by atoms with Gasteiger partial charge in [0.05, 0.1) is 17.8 Å². The fourth-order valence-corrected chi connectivity index (χ4v) is 3.82. The molecule has 0 bridgehead atoms. The summed E-state index contributed by atoms with van der Waals surface area (Å²) in [5.74, 6) is -1.45. The molecule has 1 aliphatic heterocycles. The highest BCUT2D eigenvalue weighted by atomic mass is 32.1. The van der Waals surface area contributed by atoms with Crippen molar-refractivity contribution in [2.24, 2.45) is 0 Å². The first-order valence-electron chi connectivity index (χ1n) is 10.0. The number of pyridine rings is 1. The Morgan fingerprint density at radius 3 is 2.70 bits per heavy atom. The van der Waals surface area contributed by atoms with E-state index in [9.17, 15) is 13.2 Å². The molecule has 0 atom stereocenters. The van der Waals surface area contributed by atoms with Crippen LogP contribution in [0.3, 0.4) is 0 Å². The van der Waals surface area contributed by atoms with Gasteiger partial charge in [0, 0.05) is 24.8 Å². The van der Waals surface area contributed by atoms with Crippen LogP contribution in [0.2, 0.25) is 0 Å². The number of alkyl halides is 2. The first-order chi connectivity index (χ1) is 15.9. The number of likely N-dealkylation sites (N-methyl/N-ethyl adjacent to an activating group) is 1. The van der Waals surface area contributed by atoms with E-state index in [2.05, 4.69) is 38.3 Å². The Labute approximate surface area is 190 Å². The number of rotatable bonds is 5. The summed E-state index contributed by atoms with van der Waals surface area (Å²) >= 11 is 5.25. The molecule has 0 saturated carbocycles. The summed E-state index contributed by atoms with van der Waals surface area (Å²) in [6.07, 6.45) is -0.726. The Bertz CT molecular complexity index is 1380. The normalized spacial score (nSPS) is 14.1. The zero-order chi connectivity index (χ0) is 23.1. The molecule has 8 nitrogen and oxygen atoms in total. The minimum absolute atomic E-state index is 0.0387. The molecule has 0 radical (unpaired) electrons. The zero-order valence-electron chi connectivity index (χ0n) is 17.3. The van der Waals surface area contributed by atoms with Crippen LogP contribution in [-0.4, -0.2) is 43.5 Å². The van der Waals surface area contributed by atoms with Gasteiger partial charge in [-0.05, 0) is 55.0 Å². The van der Waals surface area contributed by atoms with Gasteiger partial charge in [0.25, 0.3) is 10.7 Å². The summed E-state index contributed by atoms with van der Waals surface area (Å²) in [5.41, 5.74) is 3.41. The van der Waals surface area contributed by atoms with Crippen molar-refractivity contribution in [3.63, 3.8) is 0 Å². The van der Waals surface area contributed by atoms with Crippen LogP contribution in [0.1, 0.15) is 29.1 Å². The third-order valence-electron chi connectivity index (χ3n) is 5.35. The van der Waals surface area contributed by atoms with Crippen LogP contribution in [0.25, 0.3) is 22.9 Å². The van der Waals surface area contributed by atoms with Crippen molar-refractivity contribution in [1.29, 1.82) is 0 Å².